The fourth-order valence-corrected chi connectivity index (χ4v) is 3.46. The molecule has 21 heavy (non-hydrogen) atoms. The molecule has 0 spiro atoms. The summed E-state index contributed by atoms with van der Waals surface area (Å²) < 4.78 is 19.2. The van der Waals surface area contributed by atoms with Gasteiger partial charge in [-0.05, 0) is 37.6 Å². The summed E-state index contributed by atoms with van der Waals surface area (Å²) in [6.45, 7) is 1.23. The van der Waals surface area contributed by atoms with Gasteiger partial charge in [-0.15, -0.1) is 0 Å². The van der Waals surface area contributed by atoms with E-state index in [9.17, 15) is 9.50 Å². The van der Waals surface area contributed by atoms with Gasteiger partial charge < -0.3 is 9.84 Å². The monoisotopic (exact) mass is 290 g/mol. The van der Waals surface area contributed by atoms with Gasteiger partial charge in [0.2, 0.25) is 0 Å². The third-order valence-corrected chi connectivity index (χ3v) is 4.77. The summed E-state index contributed by atoms with van der Waals surface area (Å²) in [6.07, 6.45) is 1.15. The van der Waals surface area contributed by atoms with Crippen LogP contribution in [0.5, 0.6) is 0 Å². The molecule has 1 aromatic rings. The summed E-state index contributed by atoms with van der Waals surface area (Å²) in [5.41, 5.74) is 0.0895. The summed E-state index contributed by atoms with van der Waals surface area (Å²) >= 11 is 0. The Balaban J connectivity index is 1.92. The van der Waals surface area contributed by atoms with Crippen molar-refractivity contribution in [2.75, 3.05) is 20.3 Å². The van der Waals surface area contributed by atoms with Gasteiger partial charge in [-0.1, -0.05) is 6.07 Å². The minimum Gasteiger partial charge on any atom is -0.385 e. The first-order valence-corrected chi connectivity index (χ1v) is 7.21. The van der Waals surface area contributed by atoms with Gasteiger partial charge in [-0.2, -0.15) is 5.26 Å². The van der Waals surface area contributed by atoms with Crippen molar-refractivity contribution in [2.24, 2.45) is 0 Å². The summed E-state index contributed by atoms with van der Waals surface area (Å²) in [4.78, 5) is 2.26. The van der Waals surface area contributed by atoms with E-state index in [1.807, 2.05) is 6.07 Å². The third-order valence-electron chi connectivity index (χ3n) is 4.77. The quantitative estimate of drug-likeness (QED) is 0.898. The highest BCUT2D eigenvalue weighted by Gasteiger charge is 2.45. The minimum absolute atomic E-state index is 0.0195. The molecular weight excluding hydrogens is 271 g/mol. The molecule has 3 rings (SSSR count). The highest BCUT2D eigenvalue weighted by Crippen LogP contribution is 2.40. The second-order valence-corrected chi connectivity index (χ2v) is 6.09. The standard InChI is InChI=1S/C16H19FN2O2/c1-19-13-7-16(20,8-14(19)10-21-9-13)12-2-3-15(17)11(6-12)4-5-18/h2-3,6,13-14,20H,4,7-10H2,1H3. The number of rotatable bonds is 2. The van der Waals surface area contributed by atoms with Crippen LogP contribution in [0.25, 0.3) is 0 Å². The normalized spacial score (nSPS) is 32.7. The molecule has 2 fully saturated rings. The first-order valence-electron chi connectivity index (χ1n) is 7.21. The number of halogens is 1. The lowest BCUT2D eigenvalue weighted by Crippen LogP contribution is -2.59. The van der Waals surface area contributed by atoms with E-state index in [1.54, 1.807) is 12.1 Å². The van der Waals surface area contributed by atoms with E-state index >= 15 is 0 Å². The number of nitrogens with zero attached hydrogens (tertiary/aromatic N) is 2. The summed E-state index contributed by atoms with van der Waals surface area (Å²) in [6, 6.07) is 6.94. The van der Waals surface area contributed by atoms with Crippen molar-refractivity contribution in [1.82, 2.24) is 4.90 Å². The smallest absolute Gasteiger partial charge is 0.127 e. The van der Waals surface area contributed by atoms with Crippen LogP contribution in [-0.4, -0.2) is 42.4 Å². The first-order chi connectivity index (χ1) is 10.0. The van der Waals surface area contributed by atoms with Crippen LogP contribution in [-0.2, 0) is 16.8 Å². The lowest BCUT2D eigenvalue weighted by molar-refractivity contribution is -0.137. The van der Waals surface area contributed by atoms with Crippen molar-refractivity contribution in [3.05, 3.63) is 35.1 Å². The van der Waals surface area contributed by atoms with E-state index in [2.05, 4.69) is 11.9 Å². The van der Waals surface area contributed by atoms with Crippen LogP contribution in [0.1, 0.15) is 24.0 Å². The number of hydrogen-bond donors (Lipinski definition) is 1. The molecule has 0 saturated carbocycles. The largest absolute Gasteiger partial charge is 0.385 e. The molecule has 1 aromatic carbocycles. The lowest BCUT2D eigenvalue weighted by Gasteiger charge is -2.50. The number of ether oxygens (including phenoxy) is 1. The zero-order valence-electron chi connectivity index (χ0n) is 12.1. The van der Waals surface area contributed by atoms with Gasteiger partial charge in [0.25, 0.3) is 0 Å². The molecule has 1 N–H and O–H groups in total. The second kappa shape index (κ2) is 5.38. The molecule has 2 heterocycles. The zero-order chi connectivity index (χ0) is 15.0. The van der Waals surface area contributed by atoms with Crippen LogP contribution in [0.15, 0.2) is 18.2 Å². The maximum absolute atomic E-state index is 13.7. The average molecular weight is 290 g/mol. The van der Waals surface area contributed by atoms with Crippen LogP contribution in [0.2, 0.25) is 0 Å². The molecule has 0 radical (unpaired) electrons. The molecule has 0 aliphatic carbocycles. The molecule has 0 aromatic heterocycles. The molecule has 2 saturated heterocycles. The van der Waals surface area contributed by atoms with Crippen LogP contribution in [0, 0.1) is 17.1 Å². The molecule has 4 nitrogen and oxygen atoms in total. The number of nitriles is 1. The van der Waals surface area contributed by atoms with Crippen LogP contribution in [0.4, 0.5) is 4.39 Å². The predicted octanol–water partition coefficient (Wildman–Crippen LogP) is 1.57. The van der Waals surface area contributed by atoms with Gasteiger partial charge >= 0.3 is 0 Å². The molecule has 5 heteroatoms. The Kier molecular flexibility index (Phi) is 3.70. The van der Waals surface area contributed by atoms with E-state index < -0.39 is 5.60 Å². The maximum Gasteiger partial charge on any atom is 0.127 e. The van der Waals surface area contributed by atoms with Gasteiger partial charge in [-0.3, -0.25) is 4.90 Å². The zero-order valence-corrected chi connectivity index (χ0v) is 12.1. The Labute approximate surface area is 123 Å². The third kappa shape index (κ3) is 2.55. The predicted molar refractivity (Wildman–Crippen MR) is 75.0 cm³/mol. The molecule has 112 valence electrons. The Bertz CT molecular complexity index is 570. The maximum atomic E-state index is 13.7. The van der Waals surface area contributed by atoms with Gasteiger partial charge in [-0.25, -0.2) is 4.39 Å². The van der Waals surface area contributed by atoms with E-state index in [0.717, 1.165) is 0 Å². The van der Waals surface area contributed by atoms with Crippen LogP contribution >= 0.6 is 0 Å². The number of hydrogen-bond acceptors (Lipinski definition) is 4. The van der Waals surface area contributed by atoms with Crippen molar-refractivity contribution in [2.45, 2.75) is 36.9 Å². The highest BCUT2D eigenvalue weighted by molar-refractivity contribution is 5.32. The number of likely N-dealkylation sites (N-methyl/N-ethyl adjacent to an activating group) is 1. The fraction of sp³-hybridized carbons (Fsp3) is 0.562. The van der Waals surface area contributed by atoms with Crippen LogP contribution in [0.3, 0.4) is 0 Å². The van der Waals surface area contributed by atoms with Crippen molar-refractivity contribution >= 4 is 0 Å². The number of aliphatic hydroxyl groups is 1. The van der Waals surface area contributed by atoms with Crippen molar-refractivity contribution in [1.29, 1.82) is 5.26 Å². The van der Waals surface area contributed by atoms with Gasteiger partial charge in [0.1, 0.15) is 5.82 Å². The Morgan fingerprint density at radius 1 is 1.43 bits per heavy atom. The molecule has 2 aliphatic rings. The first kappa shape index (κ1) is 14.5. The Hall–Kier alpha value is -1.48. The lowest BCUT2D eigenvalue weighted by atomic mass is 9.76. The number of benzene rings is 1. The minimum atomic E-state index is -0.969. The summed E-state index contributed by atoms with van der Waals surface area (Å²) in [7, 11) is 2.06. The van der Waals surface area contributed by atoms with E-state index in [0.29, 0.717) is 37.2 Å². The van der Waals surface area contributed by atoms with Crippen molar-refractivity contribution < 1.29 is 14.2 Å². The molecule has 2 atom stereocenters. The number of fused-ring (bicyclic) bond motifs is 2. The van der Waals surface area contributed by atoms with Crippen molar-refractivity contribution in [3.8, 4) is 6.07 Å². The Morgan fingerprint density at radius 2 is 2.10 bits per heavy atom. The van der Waals surface area contributed by atoms with Crippen molar-refractivity contribution in [3.63, 3.8) is 0 Å². The molecule has 0 amide bonds. The summed E-state index contributed by atoms with van der Waals surface area (Å²) in [5, 5.41) is 19.8. The number of morpholine rings is 1. The Morgan fingerprint density at radius 3 is 2.71 bits per heavy atom. The van der Waals surface area contributed by atoms with E-state index in [1.165, 1.54) is 6.07 Å². The average Bonchev–Trinajstić information content (AvgIpc) is 2.43. The molecule has 2 aliphatic heterocycles. The summed E-state index contributed by atoms with van der Waals surface area (Å²) in [5.74, 6) is -0.389. The molecule has 2 unspecified atom stereocenters. The molecular formula is C16H19FN2O2. The molecule has 2 bridgehead atoms. The van der Waals surface area contributed by atoms with E-state index in [-0.39, 0.29) is 24.3 Å². The second-order valence-electron chi connectivity index (χ2n) is 6.09. The fourth-order valence-electron chi connectivity index (χ4n) is 3.46. The van der Waals surface area contributed by atoms with Gasteiger partial charge in [0.15, 0.2) is 0 Å². The number of piperidine rings is 1. The topological polar surface area (TPSA) is 56.5 Å². The SMILES string of the molecule is CN1C2COCC1CC(O)(c1ccc(F)c(CC#N)c1)C2. The van der Waals surface area contributed by atoms with Gasteiger partial charge in [0.05, 0.1) is 31.3 Å². The van der Waals surface area contributed by atoms with Crippen LogP contribution < -0.4 is 0 Å². The van der Waals surface area contributed by atoms with Gasteiger partial charge in [0, 0.05) is 17.6 Å². The van der Waals surface area contributed by atoms with E-state index in [4.69, 9.17) is 10.00 Å². The highest BCUT2D eigenvalue weighted by atomic mass is 19.1.